The Morgan fingerprint density at radius 3 is 2.51 bits per heavy atom. The van der Waals surface area contributed by atoms with E-state index in [1.807, 2.05) is 82.9 Å². The molecule has 1 aliphatic heterocycles. The molecule has 3 aromatic rings. The molecule has 10 heteroatoms. The van der Waals surface area contributed by atoms with Gasteiger partial charge in [-0.25, -0.2) is 0 Å². The summed E-state index contributed by atoms with van der Waals surface area (Å²) in [6.07, 6.45) is 7.27. The fourth-order valence-electron chi connectivity index (χ4n) is 4.81. The van der Waals surface area contributed by atoms with Gasteiger partial charge >= 0.3 is 0 Å². The van der Waals surface area contributed by atoms with E-state index in [1.54, 1.807) is 12.3 Å². The van der Waals surface area contributed by atoms with Crippen LogP contribution in [0.3, 0.4) is 0 Å². The third-order valence-corrected chi connectivity index (χ3v) is 7.13. The van der Waals surface area contributed by atoms with Crippen LogP contribution in [0.25, 0.3) is 11.1 Å². The summed E-state index contributed by atoms with van der Waals surface area (Å²) in [6.45, 7) is 13.4. The number of aryl methyl sites for hydroxylation is 1. The molecule has 0 unspecified atom stereocenters. The molecule has 1 aliphatic rings. The molecule has 1 fully saturated rings. The Labute approximate surface area is 242 Å². The van der Waals surface area contributed by atoms with Gasteiger partial charge in [0, 0.05) is 56.0 Å². The van der Waals surface area contributed by atoms with E-state index in [-0.39, 0.29) is 29.1 Å². The van der Waals surface area contributed by atoms with Gasteiger partial charge in [-0.05, 0) is 50.7 Å². The summed E-state index contributed by atoms with van der Waals surface area (Å²) in [5, 5.41) is 6.85. The molecule has 0 radical (unpaired) electrons. The molecule has 4 rings (SSSR count). The molecule has 1 N–H and O–H groups in total. The zero-order valence-electron chi connectivity index (χ0n) is 25.1. The molecule has 41 heavy (non-hydrogen) atoms. The Kier molecular flexibility index (Phi) is 9.22. The Morgan fingerprint density at radius 2 is 1.88 bits per heavy atom. The molecular weight excluding hydrogens is 518 g/mol. The van der Waals surface area contributed by atoms with Gasteiger partial charge in [0.2, 0.25) is 11.8 Å². The lowest BCUT2D eigenvalue weighted by atomic mass is 9.96. The number of anilines is 1. The highest BCUT2D eigenvalue weighted by Crippen LogP contribution is 2.33. The standard InChI is InChI=1S/C31H41N7O3/c1-21-19-23(10-11-24(21)22(2)33-29(40)28-34-30(41-35-28)31(3,4)5)25-12-13-32-20-26(25)37-15-17-38(18-16-37)27(39)9-8-14-36(6)7/h8-13,19-20,22H,14-18H2,1-7H3,(H,33,40)/b9-8+/t22-/m1/s1. The van der Waals surface area contributed by atoms with E-state index >= 15 is 0 Å². The van der Waals surface area contributed by atoms with Crippen molar-refractivity contribution in [1.29, 1.82) is 0 Å². The normalized spacial score (nSPS) is 15.0. The average molecular weight is 560 g/mol. The van der Waals surface area contributed by atoms with Crippen molar-refractivity contribution >= 4 is 17.5 Å². The number of pyridine rings is 1. The first-order valence-electron chi connectivity index (χ1n) is 14.0. The number of rotatable bonds is 8. The molecule has 1 aromatic carbocycles. The maximum Gasteiger partial charge on any atom is 0.293 e. The van der Waals surface area contributed by atoms with E-state index in [9.17, 15) is 9.59 Å². The summed E-state index contributed by atoms with van der Waals surface area (Å²) in [5.74, 6) is 0.138. The van der Waals surface area contributed by atoms with E-state index in [0.29, 0.717) is 19.0 Å². The Hall–Kier alpha value is -4.05. The van der Waals surface area contributed by atoms with Crippen molar-refractivity contribution in [3.63, 3.8) is 0 Å². The van der Waals surface area contributed by atoms with Gasteiger partial charge in [-0.2, -0.15) is 4.98 Å². The molecule has 0 spiro atoms. The molecule has 10 nitrogen and oxygen atoms in total. The van der Waals surface area contributed by atoms with Gasteiger partial charge in [-0.15, -0.1) is 0 Å². The number of nitrogens with zero attached hydrogens (tertiary/aromatic N) is 6. The van der Waals surface area contributed by atoms with Crippen LogP contribution in [0.15, 0.2) is 53.3 Å². The van der Waals surface area contributed by atoms with Crippen LogP contribution < -0.4 is 10.2 Å². The molecule has 3 heterocycles. The number of nitrogens with one attached hydrogen (secondary N) is 1. The molecule has 0 saturated carbocycles. The van der Waals surface area contributed by atoms with Crippen LogP contribution >= 0.6 is 0 Å². The number of benzene rings is 1. The number of hydrogen-bond acceptors (Lipinski definition) is 8. The predicted octanol–water partition coefficient (Wildman–Crippen LogP) is 3.99. The predicted molar refractivity (Wildman–Crippen MR) is 160 cm³/mol. The van der Waals surface area contributed by atoms with Crippen molar-refractivity contribution in [2.45, 2.75) is 46.1 Å². The third-order valence-electron chi connectivity index (χ3n) is 7.13. The van der Waals surface area contributed by atoms with Crippen molar-refractivity contribution in [2.75, 3.05) is 51.7 Å². The number of carbonyl (C=O) groups excluding carboxylic acids is 2. The molecule has 0 aliphatic carbocycles. The van der Waals surface area contributed by atoms with Crippen LogP contribution in [-0.4, -0.2) is 83.6 Å². The van der Waals surface area contributed by atoms with Crippen molar-refractivity contribution < 1.29 is 14.1 Å². The topological polar surface area (TPSA) is 108 Å². The van der Waals surface area contributed by atoms with E-state index < -0.39 is 0 Å². The third kappa shape index (κ3) is 7.38. The van der Waals surface area contributed by atoms with Gasteiger partial charge in [-0.3, -0.25) is 14.6 Å². The van der Waals surface area contributed by atoms with E-state index in [1.165, 1.54) is 0 Å². The number of carbonyl (C=O) groups is 2. The summed E-state index contributed by atoms with van der Waals surface area (Å²) < 4.78 is 5.27. The van der Waals surface area contributed by atoms with E-state index in [4.69, 9.17) is 4.52 Å². The molecule has 0 bridgehead atoms. The van der Waals surface area contributed by atoms with Crippen molar-refractivity contribution in [2.24, 2.45) is 0 Å². The fraction of sp³-hybridized carbons (Fsp3) is 0.452. The Morgan fingerprint density at radius 1 is 1.15 bits per heavy atom. The molecule has 2 aromatic heterocycles. The van der Waals surface area contributed by atoms with E-state index in [0.717, 1.165) is 47.6 Å². The van der Waals surface area contributed by atoms with E-state index in [2.05, 4.69) is 37.5 Å². The van der Waals surface area contributed by atoms with Crippen LogP contribution in [0, 0.1) is 6.92 Å². The maximum atomic E-state index is 12.8. The lowest BCUT2D eigenvalue weighted by Crippen LogP contribution is -2.48. The Bertz CT molecular complexity index is 1400. The quantitative estimate of drug-likeness (QED) is 0.413. The highest BCUT2D eigenvalue weighted by atomic mass is 16.5. The van der Waals surface area contributed by atoms with Crippen LogP contribution in [-0.2, 0) is 10.2 Å². The highest BCUT2D eigenvalue weighted by Gasteiger charge is 2.26. The molecule has 1 atom stereocenters. The number of likely N-dealkylation sites (N-methyl/N-ethyl adjacent to an activating group) is 1. The minimum atomic E-state index is -0.373. The SMILES string of the molecule is Cc1cc(-c2ccncc2N2CCN(C(=O)/C=C/CN(C)C)CC2)ccc1[C@@H](C)NC(=O)c1noc(C(C)(C)C)n1. The first kappa shape index (κ1) is 29.9. The summed E-state index contributed by atoms with van der Waals surface area (Å²) >= 11 is 0. The van der Waals surface area contributed by atoms with Gasteiger partial charge in [0.15, 0.2) is 0 Å². The summed E-state index contributed by atoms with van der Waals surface area (Å²) in [7, 11) is 3.96. The van der Waals surface area contributed by atoms with Gasteiger partial charge in [0.1, 0.15) is 0 Å². The van der Waals surface area contributed by atoms with Crippen LogP contribution in [0.1, 0.15) is 61.4 Å². The number of hydrogen-bond donors (Lipinski definition) is 1. The lowest BCUT2D eigenvalue weighted by molar-refractivity contribution is -0.126. The van der Waals surface area contributed by atoms with Gasteiger partial charge in [0.25, 0.3) is 11.7 Å². The van der Waals surface area contributed by atoms with Crippen molar-refractivity contribution in [1.82, 2.24) is 30.2 Å². The van der Waals surface area contributed by atoms with Crippen LogP contribution in [0.4, 0.5) is 5.69 Å². The second kappa shape index (κ2) is 12.6. The maximum absolute atomic E-state index is 12.8. The fourth-order valence-corrected chi connectivity index (χ4v) is 4.81. The number of amides is 2. The van der Waals surface area contributed by atoms with Gasteiger partial charge < -0.3 is 24.5 Å². The smallest absolute Gasteiger partial charge is 0.293 e. The average Bonchev–Trinajstić information content (AvgIpc) is 3.44. The summed E-state index contributed by atoms with van der Waals surface area (Å²) in [6, 6.07) is 8.04. The summed E-state index contributed by atoms with van der Waals surface area (Å²) in [5.41, 5.74) is 4.93. The first-order valence-corrected chi connectivity index (χ1v) is 14.0. The summed E-state index contributed by atoms with van der Waals surface area (Å²) in [4.78, 5) is 40.2. The minimum Gasteiger partial charge on any atom is -0.366 e. The van der Waals surface area contributed by atoms with Crippen LogP contribution in [0.2, 0.25) is 0 Å². The molecule has 2 amide bonds. The van der Waals surface area contributed by atoms with Crippen LogP contribution in [0.5, 0.6) is 0 Å². The highest BCUT2D eigenvalue weighted by molar-refractivity contribution is 5.90. The number of piperazine rings is 1. The second-order valence-electron chi connectivity index (χ2n) is 11.8. The number of aromatic nitrogens is 3. The zero-order chi connectivity index (χ0) is 29.7. The first-order chi connectivity index (χ1) is 19.4. The van der Waals surface area contributed by atoms with Gasteiger partial charge in [0.05, 0.1) is 17.9 Å². The van der Waals surface area contributed by atoms with Gasteiger partial charge in [-0.1, -0.05) is 50.2 Å². The molecular formula is C31H41N7O3. The minimum absolute atomic E-state index is 0.0314. The van der Waals surface area contributed by atoms with Crippen molar-refractivity contribution in [3.05, 3.63) is 71.7 Å². The zero-order valence-corrected chi connectivity index (χ0v) is 25.1. The lowest BCUT2D eigenvalue weighted by Gasteiger charge is -2.36. The Balaban J connectivity index is 1.44. The second-order valence-corrected chi connectivity index (χ2v) is 11.8. The largest absolute Gasteiger partial charge is 0.366 e. The monoisotopic (exact) mass is 559 g/mol. The van der Waals surface area contributed by atoms with Crippen molar-refractivity contribution in [3.8, 4) is 11.1 Å². The molecule has 1 saturated heterocycles. The molecule has 218 valence electrons.